The summed E-state index contributed by atoms with van der Waals surface area (Å²) in [4.78, 5) is 23.2. The molecule has 0 amide bonds. The van der Waals surface area contributed by atoms with Crippen molar-refractivity contribution in [2.24, 2.45) is 11.8 Å². The quantitative estimate of drug-likeness (QED) is 0.325. The van der Waals surface area contributed by atoms with E-state index in [1.54, 1.807) is 0 Å². The van der Waals surface area contributed by atoms with E-state index in [0.717, 1.165) is 38.5 Å². The molecule has 27 heavy (non-hydrogen) atoms. The highest BCUT2D eigenvalue weighted by molar-refractivity contribution is 5.84. The van der Waals surface area contributed by atoms with Crippen molar-refractivity contribution in [2.75, 3.05) is 0 Å². The predicted octanol–water partition coefficient (Wildman–Crippen LogP) is 6.16. The Bertz CT molecular complexity index is 419. The number of carbonyl (C=O) groups excluding carboxylic acids is 1. The van der Waals surface area contributed by atoms with Gasteiger partial charge in [0.25, 0.3) is 0 Å². The molecule has 0 saturated heterocycles. The largest absolute Gasteiger partial charge is 0.481 e. The molecule has 158 valence electrons. The Morgan fingerprint density at radius 2 is 1.59 bits per heavy atom. The van der Waals surface area contributed by atoms with E-state index in [2.05, 4.69) is 20.8 Å². The lowest BCUT2D eigenvalue weighted by atomic mass is 9.85. The second kappa shape index (κ2) is 14.1. The van der Waals surface area contributed by atoms with E-state index < -0.39 is 5.97 Å². The van der Waals surface area contributed by atoms with Crippen molar-refractivity contribution < 1.29 is 19.4 Å². The molecule has 1 N–H and O–H groups in total. The molecule has 1 fully saturated rings. The zero-order valence-corrected chi connectivity index (χ0v) is 17.9. The van der Waals surface area contributed by atoms with E-state index in [-0.39, 0.29) is 24.5 Å². The molecule has 1 rings (SSSR count). The van der Waals surface area contributed by atoms with Gasteiger partial charge in [-0.15, -0.1) is 0 Å². The summed E-state index contributed by atoms with van der Waals surface area (Å²) in [6, 6.07) is 0. The number of hydrogen-bond acceptors (Lipinski definition) is 3. The predicted molar refractivity (Wildman–Crippen MR) is 110 cm³/mol. The second-order valence-corrected chi connectivity index (χ2v) is 8.57. The van der Waals surface area contributed by atoms with Crippen LogP contribution in [0.4, 0.5) is 0 Å². The summed E-state index contributed by atoms with van der Waals surface area (Å²) >= 11 is 0. The summed E-state index contributed by atoms with van der Waals surface area (Å²) in [6.07, 6.45) is 14.6. The van der Waals surface area contributed by atoms with Crippen LogP contribution in [0.2, 0.25) is 0 Å². The summed E-state index contributed by atoms with van der Waals surface area (Å²) < 4.78 is 6.11. The highest BCUT2D eigenvalue weighted by Gasteiger charge is 2.42. The van der Waals surface area contributed by atoms with Gasteiger partial charge in [0.15, 0.2) is 0 Å². The van der Waals surface area contributed by atoms with Gasteiger partial charge >= 0.3 is 5.97 Å². The number of unbranched alkanes of at least 4 members (excludes halogenated alkanes) is 8. The minimum Gasteiger partial charge on any atom is -0.481 e. The van der Waals surface area contributed by atoms with Gasteiger partial charge < -0.3 is 9.84 Å². The van der Waals surface area contributed by atoms with Gasteiger partial charge in [0.2, 0.25) is 0 Å². The minimum absolute atomic E-state index is 0.102. The maximum atomic E-state index is 12.6. The fourth-order valence-electron chi connectivity index (χ4n) is 4.41. The minimum atomic E-state index is -0.714. The lowest BCUT2D eigenvalue weighted by Gasteiger charge is -2.25. The molecule has 1 aliphatic rings. The number of ether oxygens (including phenoxy) is 1. The first-order chi connectivity index (χ1) is 13.0. The summed E-state index contributed by atoms with van der Waals surface area (Å²) in [5, 5.41) is 8.71. The average Bonchev–Trinajstić information content (AvgIpc) is 2.88. The molecule has 1 saturated carbocycles. The van der Waals surface area contributed by atoms with E-state index in [1.165, 1.54) is 38.5 Å². The van der Waals surface area contributed by atoms with E-state index in [4.69, 9.17) is 9.84 Å². The second-order valence-electron chi connectivity index (χ2n) is 8.57. The maximum Gasteiger partial charge on any atom is 0.303 e. The van der Waals surface area contributed by atoms with Gasteiger partial charge in [-0.2, -0.15) is 0 Å². The molecular formula is C23H42O4. The topological polar surface area (TPSA) is 63.6 Å². The van der Waals surface area contributed by atoms with Crippen LogP contribution in [0.5, 0.6) is 0 Å². The van der Waals surface area contributed by atoms with E-state index in [9.17, 15) is 9.59 Å². The Balaban J connectivity index is 2.42. The van der Waals surface area contributed by atoms with Gasteiger partial charge in [-0.1, -0.05) is 64.7 Å². The SMILES string of the molecule is CCCCCCCC[C@H]1[C@H](OC(C)C)CC(=O)[C@@H]1CCCCCCC(=O)O. The number of Topliss-reactive ketones (excluding diaryl/α,β-unsaturated/α-hetero) is 1. The third-order valence-corrected chi connectivity index (χ3v) is 5.80. The third kappa shape index (κ3) is 10.3. The van der Waals surface area contributed by atoms with Crippen molar-refractivity contribution in [3.8, 4) is 0 Å². The van der Waals surface area contributed by atoms with Crippen molar-refractivity contribution in [2.45, 2.75) is 123 Å². The molecule has 0 aliphatic heterocycles. The highest BCUT2D eigenvalue weighted by Crippen LogP contribution is 2.39. The van der Waals surface area contributed by atoms with E-state index in [0.29, 0.717) is 18.1 Å². The lowest BCUT2D eigenvalue weighted by molar-refractivity contribution is -0.137. The number of carboxylic acid groups (broad SMARTS) is 1. The van der Waals surface area contributed by atoms with Gasteiger partial charge in [0.05, 0.1) is 12.2 Å². The molecule has 0 bridgehead atoms. The first-order valence-corrected chi connectivity index (χ1v) is 11.4. The molecule has 4 nitrogen and oxygen atoms in total. The van der Waals surface area contributed by atoms with Crippen LogP contribution in [0.15, 0.2) is 0 Å². The Morgan fingerprint density at radius 3 is 2.22 bits per heavy atom. The maximum absolute atomic E-state index is 12.6. The lowest BCUT2D eigenvalue weighted by Crippen LogP contribution is -2.25. The normalized spacial score (nSPS) is 22.7. The first kappa shape index (κ1) is 24.1. The Labute approximate surface area is 166 Å². The summed E-state index contributed by atoms with van der Waals surface area (Å²) in [5.41, 5.74) is 0. The number of carboxylic acids is 1. The first-order valence-electron chi connectivity index (χ1n) is 11.4. The molecule has 0 aromatic rings. The number of carbonyl (C=O) groups is 2. The fourth-order valence-corrected chi connectivity index (χ4v) is 4.41. The summed E-state index contributed by atoms with van der Waals surface area (Å²) in [6.45, 7) is 6.36. The number of hydrogen-bond donors (Lipinski definition) is 1. The van der Waals surface area contributed by atoms with Gasteiger partial charge in [0.1, 0.15) is 5.78 Å². The highest BCUT2D eigenvalue weighted by atomic mass is 16.5. The van der Waals surface area contributed by atoms with Crippen molar-refractivity contribution in [1.29, 1.82) is 0 Å². The van der Waals surface area contributed by atoms with Crippen molar-refractivity contribution in [3.05, 3.63) is 0 Å². The van der Waals surface area contributed by atoms with Crippen LogP contribution in [0.1, 0.15) is 111 Å². The average molecular weight is 383 g/mol. The summed E-state index contributed by atoms with van der Waals surface area (Å²) in [5.74, 6) is 0.213. The summed E-state index contributed by atoms with van der Waals surface area (Å²) in [7, 11) is 0. The standard InChI is InChI=1S/C23H42O4/c1-4-5-6-7-8-12-15-20-19(14-11-9-10-13-16-23(25)26)21(24)17-22(20)27-18(2)3/h18-20,22H,4-17H2,1-3H3,(H,25,26)/t19-,20-,22-/m1/s1. The molecule has 4 heteroatoms. The van der Waals surface area contributed by atoms with Crippen LogP contribution in [0.25, 0.3) is 0 Å². The van der Waals surface area contributed by atoms with Gasteiger partial charge in [-0.3, -0.25) is 9.59 Å². The van der Waals surface area contributed by atoms with Crippen molar-refractivity contribution in [3.63, 3.8) is 0 Å². The number of aliphatic carboxylic acids is 1. The molecule has 0 aromatic heterocycles. The molecule has 0 spiro atoms. The molecule has 0 aromatic carbocycles. The van der Waals surface area contributed by atoms with Crippen LogP contribution in [-0.4, -0.2) is 29.1 Å². The molecule has 3 atom stereocenters. The molecule has 0 unspecified atom stereocenters. The molecule has 0 heterocycles. The number of rotatable bonds is 16. The van der Waals surface area contributed by atoms with Gasteiger partial charge in [-0.25, -0.2) is 0 Å². The third-order valence-electron chi connectivity index (χ3n) is 5.80. The van der Waals surface area contributed by atoms with E-state index in [1.807, 2.05) is 0 Å². The Kier molecular flexibility index (Phi) is 12.6. The van der Waals surface area contributed by atoms with Crippen LogP contribution in [0.3, 0.4) is 0 Å². The molecular weight excluding hydrogens is 340 g/mol. The van der Waals surface area contributed by atoms with E-state index >= 15 is 0 Å². The zero-order valence-electron chi connectivity index (χ0n) is 17.9. The molecule has 1 aliphatic carbocycles. The van der Waals surface area contributed by atoms with Crippen LogP contribution in [0, 0.1) is 11.8 Å². The van der Waals surface area contributed by atoms with Crippen molar-refractivity contribution >= 4 is 11.8 Å². The smallest absolute Gasteiger partial charge is 0.303 e. The fraction of sp³-hybridized carbons (Fsp3) is 0.913. The Morgan fingerprint density at radius 1 is 1.00 bits per heavy atom. The van der Waals surface area contributed by atoms with Crippen LogP contribution >= 0.6 is 0 Å². The number of ketones is 1. The van der Waals surface area contributed by atoms with Crippen molar-refractivity contribution in [1.82, 2.24) is 0 Å². The van der Waals surface area contributed by atoms with Crippen LogP contribution < -0.4 is 0 Å². The zero-order chi connectivity index (χ0) is 20.1. The van der Waals surface area contributed by atoms with Gasteiger partial charge in [0, 0.05) is 18.8 Å². The van der Waals surface area contributed by atoms with Gasteiger partial charge in [-0.05, 0) is 39.0 Å². The van der Waals surface area contributed by atoms with Crippen LogP contribution in [-0.2, 0) is 14.3 Å². The Hall–Kier alpha value is -0.900. The monoisotopic (exact) mass is 382 g/mol. The molecule has 0 radical (unpaired) electrons.